The van der Waals surface area contributed by atoms with E-state index in [4.69, 9.17) is 9.47 Å². The summed E-state index contributed by atoms with van der Waals surface area (Å²) >= 11 is 0. The van der Waals surface area contributed by atoms with Crippen LogP contribution in [0.4, 0.5) is 5.69 Å². The summed E-state index contributed by atoms with van der Waals surface area (Å²) in [5, 5.41) is 5.49. The van der Waals surface area contributed by atoms with Crippen LogP contribution in [0, 0.1) is 13.8 Å². The number of anilines is 1. The molecular formula is C23H27N3O6. The number of carbonyl (C=O) groups is 4. The molecule has 32 heavy (non-hydrogen) atoms. The Bertz CT molecular complexity index is 1050. The molecule has 3 rings (SSSR count). The van der Waals surface area contributed by atoms with Gasteiger partial charge in [0.1, 0.15) is 5.69 Å². The van der Waals surface area contributed by atoms with Gasteiger partial charge in [-0.05, 0) is 64.3 Å². The monoisotopic (exact) mass is 441 g/mol. The highest BCUT2D eigenvalue weighted by Gasteiger charge is 2.25. The lowest BCUT2D eigenvalue weighted by Gasteiger charge is -2.09. The Morgan fingerprint density at radius 3 is 2.50 bits per heavy atom. The maximum Gasteiger partial charge on any atom is 0.355 e. The van der Waals surface area contributed by atoms with E-state index in [-0.39, 0.29) is 29.3 Å². The molecule has 1 fully saturated rings. The standard InChI is InChI=1S/C23H27N3O6/c1-12(2)32-22(29)19-13(3)20(24-14(19)4)23(30)31-11-18(27)25-17-7-5-6-15(10-17)21(28)26-16-8-9-16/h5-7,10,12,16,24H,8-9,11H2,1-4H3,(H,25,27)(H,26,28). The van der Waals surface area contributed by atoms with Crippen LogP contribution in [-0.2, 0) is 14.3 Å². The number of esters is 2. The molecule has 1 heterocycles. The van der Waals surface area contributed by atoms with E-state index >= 15 is 0 Å². The number of aromatic nitrogens is 1. The molecule has 0 saturated heterocycles. The molecule has 1 aliphatic carbocycles. The quantitative estimate of drug-likeness (QED) is 0.541. The fourth-order valence-corrected chi connectivity index (χ4v) is 3.17. The van der Waals surface area contributed by atoms with Gasteiger partial charge in [0, 0.05) is 23.0 Å². The molecule has 0 aliphatic heterocycles. The normalized spacial score (nSPS) is 12.9. The number of H-pyrrole nitrogens is 1. The van der Waals surface area contributed by atoms with Crippen LogP contribution in [-0.4, -0.2) is 47.5 Å². The van der Waals surface area contributed by atoms with Gasteiger partial charge in [-0.1, -0.05) is 6.07 Å². The molecule has 3 N–H and O–H groups in total. The Kier molecular flexibility index (Phi) is 6.97. The minimum atomic E-state index is -0.762. The lowest BCUT2D eigenvalue weighted by atomic mass is 10.1. The predicted octanol–water partition coefficient (Wildman–Crippen LogP) is 2.88. The predicted molar refractivity (Wildman–Crippen MR) is 117 cm³/mol. The zero-order valence-electron chi connectivity index (χ0n) is 18.5. The molecule has 0 atom stereocenters. The lowest BCUT2D eigenvalue weighted by molar-refractivity contribution is -0.119. The third-order valence-electron chi connectivity index (χ3n) is 4.84. The topological polar surface area (TPSA) is 127 Å². The maximum absolute atomic E-state index is 12.4. The van der Waals surface area contributed by atoms with Gasteiger partial charge in [0.2, 0.25) is 0 Å². The zero-order valence-corrected chi connectivity index (χ0v) is 18.5. The number of aryl methyl sites for hydroxylation is 1. The number of hydrogen-bond donors (Lipinski definition) is 3. The smallest absolute Gasteiger partial charge is 0.355 e. The van der Waals surface area contributed by atoms with Crippen molar-refractivity contribution in [3.8, 4) is 0 Å². The van der Waals surface area contributed by atoms with Crippen molar-refractivity contribution in [2.24, 2.45) is 0 Å². The summed E-state index contributed by atoms with van der Waals surface area (Å²) in [6, 6.07) is 6.74. The van der Waals surface area contributed by atoms with Crippen molar-refractivity contribution in [3.63, 3.8) is 0 Å². The van der Waals surface area contributed by atoms with Gasteiger partial charge in [-0.15, -0.1) is 0 Å². The summed E-state index contributed by atoms with van der Waals surface area (Å²) < 4.78 is 10.3. The van der Waals surface area contributed by atoms with Crippen molar-refractivity contribution in [1.82, 2.24) is 10.3 Å². The highest BCUT2D eigenvalue weighted by molar-refractivity contribution is 6.00. The Labute approximate surface area is 185 Å². The number of hydrogen-bond acceptors (Lipinski definition) is 6. The summed E-state index contributed by atoms with van der Waals surface area (Å²) in [7, 11) is 0. The molecule has 2 amide bonds. The van der Waals surface area contributed by atoms with E-state index in [1.165, 1.54) is 0 Å². The average Bonchev–Trinajstić information content (AvgIpc) is 3.48. The van der Waals surface area contributed by atoms with Crippen LogP contribution in [0.5, 0.6) is 0 Å². The largest absolute Gasteiger partial charge is 0.459 e. The van der Waals surface area contributed by atoms with Crippen molar-refractivity contribution in [2.75, 3.05) is 11.9 Å². The summed E-state index contributed by atoms with van der Waals surface area (Å²) in [6.07, 6.45) is 1.66. The molecule has 170 valence electrons. The van der Waals surface area contributed by atoms with Crippen molar-refractivity contribution in [3.05, 3.63) is 52.3 Å². The van der Waals surface area contributed by atoms with Crippen molar-refractivity contribution in [1.29, 1.82) is 0 Å². The first-order valence-corrected chi connectivity index (χ1v) is 10.4. The van der Waals surface area contributed by atoms with E-state index in [1.807, 2.05) is 0 Å². The first kappa shape index (κ1) is 23.1. The van der Waals surface area contributed by atoms with Crippen LogP contribution in [0.15, 0.2) is 24.3 Å². The minimum absolute atomic E-state index is 0.0877. The molecule has 9 nitrogen and oxygen atoms in total. The van der Waals surface area contributed by atoms with Gasteiger partial charge in [0.15, 0.2) is 6.61 Å². The van der Waals surface area contributed by atoms with Crippen LogP contribution in [0.3, 0.4) is 0 Å². The van der Waals surface area contributed by atoms with E-state index < -0.39 is 24.5 Å². The number of amides is 2. The Balaban J connectivity index is 1.58. The second-order valence-corrected chi connectivity index (χ2v) is 8.03. The molecule has 0 bridgehead atoms. The fraction of sp³-hybridized carbons (Fsp3) is 0.391. The third kappa shape index (κ3) is 5.75. The number of ether oxygens (including phenoxy) is 2. The molecular weight excluding hydrogens is 414 g/mol. The van der Waals surface area contributed by atoms with Crippen molar-refractivity contribution >= 4 is 29.4 Å². The molecule has 0 unspecified atom stereocenters. The van der Waals surface area contributed by atoms with Crippen LogP contribution in [0.25, 0.3) is 0 Å². The van der Waals surface area contributed by atoms with Gasteiger partial charge in [-0.2, -0.15) is 0 Å². The first-order chi connectivity index (χ1) is 15.2. The average molecular weight is 441 g/mol. The molecule has 0 radical (unpaired) electrons. The second kappa shape index (κ2) is 9.67. The summed E-state index contributed by atoms with van der Waals surface area (Å²) in [6.45, 7) is 6.20. The van der Waals surface area contributed by atoms with E-state index in [1.54, 1.807) is 52.0 Å². The summed E-state index contributed by atoms with van der Waals surface area (Å²) in [5.41, 5.74) is 2.09. The van der Waals surface area contributed by atoms with Crippen LogP contribution in [0.1, 0.15) is 69.2 Å². The van der Waals surface area contributed by atoms with Gasteiger partial charge in [-0.25, -0.2) is 9.59 Å². The second-order valence-electron chi connectivity index (χ2n) is 8.03. The number of aromatic amines is 1. The maximum atomic E-state index is 12.4. The van der Waals surface area contributed by atoms with E-state index in [0.29, 0.717) is 22.5 Å². The summed E-state index contributed by atoms with van der Waals surface area (Å²) in [4.78, 5) is 51.9. The Morgan fingerprint density at radius 2 is 1.84 bits per heavy atom. The lowest BCUT2D eigenvalue weighted by Crippen LogP contribution is -2.25. The van der Waals surface area contributed by atoms with Gasteiger partial charge in [0.25, 0.3) is 11.8 Å². The molecule has 1 aromatic carbocycles. The van der Waals surface area contributed by atoms with Crippen LogP contribution in [0.2, 0.25) is 0 Å². The third-order valence-corrected chi connectivity index (χ3v) is 4.84. The molecule has 1 aliphatic rings. The number of benzene rings is 1. The highest BCUT2D eigenvalue weighted by Crippen LogP contribution is 2.21. The van der Waals surface area contributed by atoms with Gasteiger partial charge < -0.3 is 25.1 Å². The zero-order chi connectivity index (χ0) is 23.4. The van der Waals surface area contributed by atoms with E-state index in [0.717, 1.165) is 12.8 Å². The number of rotatable bonds is 8. The van der Waals surface area contributed by atoms with Gasteiger partial charge in [-0.3, -0.25) is 9.59 Å². The highest BCUT2D eigenvalue weighted by atomic mass is 16.5. The molecule has 1 saturated carbocycles. The van der Waals surface area contributed by atoms with Crippen molar-refractivity contribution < 1.29 is 28.7 Å². The molecule has 9 heteroatoms. The number of nitrogens with one attached hydrogen (secondary N) is 3. The van der Waals surface area contributed by atoms with Crippen LogP contribution >= 0.6 is 0 Å². The summed E-state index contributed by atoms with van der Waals surface area (Å²) in [5.74, 6) is -2.05. The molecule has 1 aromatic heterocycles. The fourth-order valence-electron chi connectivity index (χ4n) is 3.17. The van der Waals surface area contributed by atoms with Gasteiger partial charge >= 0.3 is 11.9 Å². The Morgan fingerprint density at radius 1 is 1.12 bits per heavy atom. The van der Waals surface area contributed by atoms with Crippen LogP contribution < -0.4 is 10.6 Å². The SMILES string of the molecule is Cc1[nH]c(C(=O)OCC(=O)Nc2cccc(C(=O)NC3CC3)c2)c(C)c1C(=O)OC(C)C. The number of carbonyl (C=O) groups excluding carboxylic acids is 4. The van der Waals surface area contributed by atoms with Crippen molar-refractivity contribution in [2.45, 2.75) is 52.7 Å². The van der Waals surface area contributed by atoms with E-state index in [2.05, 4.69) is 15.6 Å². The molecule has 2 aromatic rings. The first-order valence-electron chi connectivity index (χ1n) is 10.4. The minimum Gasteiger partial charge on any atom is -0.459 e. The molecule has 0 spiro atoms. The van der Waals surface area contributed by atoms with Gasteiger partial charge in [0.05, 0.1) is 11.7 Å². The Hall–Kier alpha value is -3.62. The van der Waals surface area contributed by atoms with E-state index in [9.17, 15) is 19.2 Å².